The number of anilines is 2. The molecule has 0 bridgehead atoms. The van der Waals surface area contributed by atoms with Gasteiger partial charge in [-0.15, -0.1) is 0 Å². The van der Waals surface area contributed by atoms with Gasteiger partial charge < -0.3 is 15.0 Å². The van der Waals surface area contributed by atoms with Crippen LogP contribution in [0.2, 0.25) is 10.0 Å². The number of fused-ring (bicyclic) bond motifs is 1. The number of piperazine rings is 1. The van der Waals surface area contributed by atoms with E-state index >= 15 is 0 Å². The minimum absolute atomic E-state index is 0.0565. The van der Waals surface area contributed by atoms with E-state index in [1.165, 1.54) is 11.3 Å². The van der Waals surface area contributed by atoms with E-state index in [1.54, 1.807) is 7.11 Å². The summed E-state index contributed by atoms with van der Waals surface area (Å²) in [7, 11) is 1.63. The van der Waals surface area contributed by atoms with Gasteiger partial charge in [0, 0.05) is 31.9 Å². The average Bonchev–Trinajstić information content (AvgIpc) is 3.11. The first kappa shape index (κ1) is 20.2. The Labute approximate surface area is 183 Å². The van der Waals surface area contributed by atoms with Gasteiger partial charge in [0.2, 0.25) is 5.91 Å². The Kier molecular flexibility index (Phi) is 6.10. The van der Waals surface area contributed by atoms with Crippen molar-refractivity contribution < 1.29 is 9.53 Å². The minimum atomic E-state index is -0.0565. The van der Waals surface area contributed by atoms with Gasteiger partial charge in [-0.05, 0) is 36.4 Å². The van der Waals surface area contributed by atoms with Gasteiger partial charge >= 0.3 is 0 Å². The average molecular weight is 451 g/mol. The van der Waals surface area contributed by atoms with E-state index in [9.17, 15) is 4.79 Å². The first-order chi connectivity index (χ1) is 14.0. The highest BCUT2D eigenvalue weighted by molar-refractivity contribution is 7.22. The molecule has 0 atom stereocenters. The summed E-state index contributed by atoms with van der Waals surface area (Å²) in [5, 5.41) is 4.63. The van der Waals surface area contributed by atoms with Crippen LogP contribution in [0, 0.1) is 0 Å². The van der Waals surface area contributed by atoms with Crippen LogP contribution >= 0.6 is 34.5 Å². The zero-order valence-corrected chi connectivity index (χ0v) is 18.2. The molecule has 1 aliphatic heterocycles. The summed E-state index contributed by atoms with van der Waals surface area (Å²) in [6.07, 6.45) is 0. The summed E-state index contributed by atoms with van der Waals surface area (Å²) in [4.78, 5) is 21.3. The molecule has 3 aromatic rings. The zero-order valence-electron chi connectivity index (χ0n) is 15.8. The molecule has 0 radical (unpaired) electrons. The predicted octanol–water partition coefficient (Wildman–Crippen LogP) is 4.37. The number of hydrogen-bond acceptors (Lipinski definition) is 6. The van der Waals surface area contributed by atoms with Crippen LogP contribution in [0.15, 0.2) is 36.4 Å². The number of carbonyl (C=O) groups excluding carboxylic acids is 1. The molecule has 152 valence electrons. The molecular weight excluding hydrogens is 431 g/mol. The highest BCUT2D eigenvalue weighted by Crippen LogP contribution is 2.29. The molecule has 0 saturated carbocycles. The quantitative estimate of drug-likeness (QED) is 0.625. The molecule has 2 aromatic carbocycles. The van der Waals surface area contributed by atoms with Gasteiger partial charge in [-0.25, -0.2) is 4.98 Å². The van der Waals surface area contributed by atoms with E-state index in [2.05, 4.69) is 20.1 Å². The molecule has 29 heavy (non-hydrogen) atoms. The van der Waals surface area contributed by atoms with Crippen LogP contribution < -0.4 is 15.0 Å². The maximum absolute atomic E-state index is 12.5. The minimum Gasteiger partial charge on any atom is -0.497 e. The lowest BCUT2D eigenvalue weighted by Crippen LogP contribution is -2.48. The Morgan fingerprint density at radius 3 is 2.66 bits per heavy atom. The van der Waals surface area contributed by atoms with Crippen LogP contribution in [0.1, 0.15) is 0 Å². The second-order valence-corrected chi connectivity index (χ2v) is 8.61. The van der Waals surface area contributed by atoms with Crippen molar-refractivity contribution in [3.05, 3.63) is 46.4 Å². The van der Waals surface area contributed by atoms with Gasteiger partial charge in [0.25, 0.3) is 0 Å². The first-order valence-corrected chi connectivity index (χ1v) is 10.8. The number of halogens is 2. The highest BCUT2D eigenvalue weighted by atomic mass is 35.5. The normalized spacial score (nSPS) is 14.9. The van der Waals surface area contributed by atoms with Crippen molar-refractivity contribution in [1.29, 1.82) is 0 Å². The Balaban J connectivity index is 1.31. The number of carbonyl (C=O) groups is 1. The highest BCUT2D eigenvalue weighted by Gasteiger charge is 2.20. The fourth-order valence-electron chi connectivity index (χ4n) is 3.29. The van der Waals surface area contributed by atoms with Gasteiger partial charge in [-0.2, -0.15) is 0 Å². The Morgan fingerprint density at radius 2 is 1.93 bits per heavy atom. The molecule has 6 nitrogen and oxygen atoms in total. The van der Waals surface area contributed by atoms with Crippen molar-refractivity contribution in [3.63, 3.8) is 0 Å². The van der Waals surface area contributed by atoms with Gasteiger partial charge in [-0.3, -0.25) is 9.69 Å². The molecule has 1 fully saturated rings. The summed E-state index contributed by atoms with van der Waals surface area (Å²) >= 11 is 13.6. The van der Waals surface area contributed by atoms with Crippen LogP contribution in [-0.2, 0) is 4.79 Å². The molecule has 1 saturated heterocycles. The van der Waals surface area contributed by atoms with Crippen molar-refractivity contribution in [2.75, 3.05) is 50.1 Å². The number of nitrogens with one attached hydrogen (secondary N) is 1. The van der Waals surface area contributed by atoms with Crippen LogP contribution in [0.4, 0.5) is 10.8 Å². The zero-order chi connectivity index (χ0) is 20.4. The van der Waals surface area contributed by atoms with Crippen molar-refractivity contribution in [1.82, 2.24) is 9.88 Å². The van der Waals surface area contributed by atoms with E-state index < -0.39 is 0 Å². The summed E-state index contributed by atoms with van der Waals surface area (Å²) in [5.74, 6) is 0.720. The molecule has 0 unspecified atom stereocenters. The molecular formula is C20H20Cl2N4O2S. The topological polar surface area (TPSA) is 57.7 Å². The van der Waals surface area contributed by atoms with E-state index in [1.807, 2.05) is 36.4 Å². The Hall–Kier alpha value is -2.06. The van der Waals surface area contributed by atoms with Crippen molar-refractivity contribution >= 4 is 61.5 Å². The number of rotatable bonds is 5. The number of aromatic nitrogens is 1. The first-order valence-electron chi connectivity index (χ1n) is 9.18. The van der Waals surface area contributed by atoms with E-state index in [0.29, 0.717) is 21.7 Å². The number of nitrogens with zero attached hydrogens (tertiary/aromatic N) is 3. The molecule has 0 aliphatic carbocycles. The van der Waals surface area contributed by atoms with Gasteiger partial charge in [-0.1, -0.05) is 34.5 Å². The Morgan fingerprint density at radius 1 is 1.14 bits per heavy atom. The van der Waals surface area contributed by atoms with Crippen molar-refractivity contribution in [3.8, 4) is 5.75 Å². The summed E-state index contributed by atoms with van der Waals surface area (Å²) in [5.41, 5.74) is 1.90. The lowest BCUT2D eigenvalue weighted by Gasteiger charge is -2.35. The summed E-state index contributed by atoms with van der Waals surface area (Å²) < 4.78 is 6.21. The van der Waals surface area contributed by atoms with Crippen LogP contribution in [0.3, 0.4) is 0 Å². The molecule has 4 rings (SSSR count). The number of benzene rings is 2. The van der Waals surface area contributed by atoms with Gasteiger partial charge in [0.15, 0.2) is 5.13 Å². The Bertz CT molecular complexity index is 1030. The number of hydrogen-bond donors (Lipinski definition) is 1. The molecule has 1 aliphatic rings. The molecule has 1 N–H and O–H groups in total. The number of ether oxygens (including phenoxy) is 1. The van der Waals surface area contributed by atoms with Crippen LogP contribution in [0.5, 0.6) is 5.75 Å². The van der Waals surface area contributed by atoms with Crippen LogP contribution in [0.25, 0.3) is 10.2 Å². The fraction of sp³-hybridized carbons (Fsp3) is 0.300. The number of thiazole rings is 1. The number of methoxy groups -OCH3 is 1. The summed E-state index contributed by atoms with van der Waals surface area (Å²) in [6.45, 7) is 3.59. The predicted molar refractivity (Wildman–Crippen MR) is 120 cm³/mol. The van der Waals surface area contributed by atoms with E-state index in [4.69, 9.17) is 27.9 Å². The van der Waals surface area contributed by atoms with E-state index in [-0.39, 0.29) is 5.91 Å². The molecule has 2 heterocycles. The van der Waals surface area contributed by atoms with E-state index in [0.717, 1.165) is 47.8 Å². The third-order valence-electron chi connectivity index (χ3n) is 4.85. The number of amides is 1. The third kappa shape index (κ3) is 4.75. The van der Waals surface area contributed by atoms with Crippen molar-refractivity contribution in [2.45, 2.75) is 0 Å². The second-order valence-electron chi connectivity index (χ2n) is 6.76. The summed E-state index contributed by atoms with van der Waals surface area (Å²) in [6, 6.07) is 11.3. The SMILES string of the molecule is COc1ccc2nc(NC(=O)CN3CCN(c4ccc(Cl)c(Cl)c4)CC3)sc2c1. The monoisotopic (exact) mass is 450 g/mol. The van der Waals surface area contributed by atoms with Crippen molar-refractivity contribution in [2.24, 2.45) is 0 Å². The maximum Gasteiger partial charge on any atom is 0.240 e. The molecule has 0 spiro atoms. The maximum atomic E-state index is 12.5. The third-order valence-corrected chi connectivity index (χ3v) is 6.52. The lowest BCUT2D eigenvalue weighted by molar-refractivity contribution is -0.117. The lowest BCUT2D eigenvalue weighted by atomic mass is 10.2. The molecule has 1 aromatic heterocycles. The molecule has 1 amide bonds. The second kappa shape index (κ2) is 8.75. The van der Waals surface area contributed by atoms with Gasteiger partial charge in [0.1, 0.15) is 5.75 Å². The molecule has 9 heteroatoms. The smallest absolute Gasteiger partial charge is 0.240 e. The van der Waals surface area contributed by atoms with Gasteiger partial charge in [0.05, 0.1) is 33.9 Å². The van der Waals surface area contributed by atoms with Crippen LogP contribution in [-0.4, -0.2) is 55.6 Å². The largest absolute Gasteiger partial charge is 0.497 e. The standard InChI is InChI=1S/C20H20Cl2N4O2S/c1-28-14-3-5-17-18(11-14)29-20(23-17)24-19(27)12-25-6-8-26(9-7-25)13-2-4-15(21)16(22)10-13/h2-5,10-11H,6-9,12H2,1H3,(H,23,24,27). The fourth-order valence-corrected chi connectivity index (χ4v) is 4.50.